The van der Waals surface area contributed by atoms with E-state index in [-0.39, 0.29) is 36.4 Å². The average molecular weight is 444 g/mol. The van der Waals surface area contributed by atoms with Crippen molar-refractivity contribution in [3.8, 4) is 0 Å². The van der Waals surface area contributed by atoms with Gasteiger partial charge in [0.2, 0.25) is 5.91 Å². The highest BCUT2D eigenvalue weighted by atomic mass is 127. The zero-order valence-corrected chi connectivity index (χ0v) is 17.8. The van der Waals surface area contributed by atoms with Gasteiger partial charge in [0, 0.05) is 32.4 Å². The monoisotopic (exact) mass is 444 g/mol. The number of thioether (sulfide) groups is 1. The lowest BCUT2D eigenvalue weighted by molar-refractivity contribution is -0.127. The number of nitrogens with zero attached hydrogens (tertiary/aromatic N) is 2. The summed E-state index contributed by atoms with van der Waals surface area (Å²) < 4.78 is 0. The van der Waals surface area contributed by atoms with Gasteiger partial charge in [-0.15, -0.1) is 24.0 Å². The fourth-order valence-corrected chi connectivity index (χ4v) is 2.02. The van der Waals surface area contributed by atoms with Gasteiger partial charge in [-0.05, 0) is 19.6 Å². The van der Waals surface area contributed by atoms with Crippen molar-refractivity contribution in [1.82, 2.24) is 15.5 Å². The SMILES string of the molecule is CCCCCC(C)NC(=NCC(=O)N(C)C)NCCSC.I. The Labute approximate surface area is 157 Å². The van der Waals surface area contributed by atoms with Crippen LogP contribution in [0.5, 0.6) is 0 Å². The lowest BCUT2D eigenvalue weighted by atomic mass is 10.1. The Hall–Kier alpha value is -0.180. The van der Waals surface area contributed by atoms with Gasteiger partial charge in [0.05, 0.1) is 0 Å². The predicted molar refractivity (Wildman–Crippen MR) is 110 cm³/mol. The van der Waals surface area contributed by atoms with Crippen LogP contribution in [0.25, 0.3) is 0 Å². The number of likely N-dealkylation sites (N-methyl/N-ethyl adjacent to an activating group) is 1. The maximum atomic E-state index is 11.6. The van der Waals surface area contributed by atoms with E-state index in [4.69, 9.17) is 0 Å². The molecule has 0 rings (SSSR count). The molecule has 1 amide bonds. The zero-order chi connectivity index (χ0) is 16.1. The number of hydrogen-bond donors (Lipinski definition) is 2. The second kappa shape index (κ2) is 15.7. The van der Waals surface area contributed by atoms with Crippen molar-refractivity contribution in [2.24, 2.45) is 4.99 Å². The van der Waals surface area contributed by atoms with Crippen LogP contribution in [-0.2, 0) is 4.79 Å². The topological polar surface area (TPSA) is 56.7 Å². The van der Waals surface area contributed by atoms with Crippen LogP contribution in [0.3, 0.4) is 0 Å². The molecule has 0 aromatic carbocycles. The van der Waals surface area contributed by atoms with E-state index in [9.17, 15) is 4.79 Å². The number of nitrogens with one attached hydrogen (secondary N) is 2. The van der Waals surface area contributed by atoms with Crippen molar-refractivity contribution in [2.75, 3.05) is 39.2 Å². The lowest BCUT2D eigenvalue weighted by Crippen LogP contribution is -2.43. The van der Waals surface area contributed by atoms with Gasteiger partial charge in [-0.2, -0.15) is 11.8 Å². The van der Waals surface area contributed by atoms with Crippen molar-refractivity contribution < 1.29 is 4.79 Å². The summed E-state index contributed by atoms with van der Waals surface area (Å²) >= 11 is 1.79. The molecule has 2 N–H and O–H groups in total. The third kappa shape index (κ3) is 13.5. The number of guanidine groups is 1. The first-order chi connectivity index (χ1) is 10.0. The highest BCUT2D eigenvalue weighted by Gasteiger charge is 2.07. The van der Waals surface area contributed by atoms with Crippen molar-refractivity contribution >= 4 is 47.6 Å². The first-order valence-electron chi connectivity index (χ1n) is 7.75. The largest absolute Gasteiger partial charge is 0.356 e. The molecular weight excluding hydrogens is 411 g/mol. The summed E-state index contributed by atoms with van der Waals surface area (Å²) in [7, 11) is 3.50. The van der Waals surface area contributed by atoms with Gasteiger partial charge in [-0.25, -0.2) is 4.99 Å². The minimum atomic E-state index is 0. The minimum absolute atomic E-state index is 0. The Balaban J connectivity index is 0. The Kier molecular flexibility index (Phi) is 17.2. The number of rotatable bonds is 10. The van der Waals surface area contributed by atoms with Crippen molar-refractivity contribution in [3.63, 3.8) is 0 Å². The van der Waals surface area contributed by atoms with Gasteiger partial charge in [-0.3, -0.25) is 4.79 Å². The fraction of sp³-hybridized carbons (Fsp3) is 0.867. The average Bonchev–Trinajstić information content (AvgIpc) is 2.44. The number of hydrogen-bond acceptors (Lipinski definition) is 3. The molecule has 0 heterocycles. The molecule has 0 saturated heterocycles. The maximum absolute atomic E-state index is 11.6. The van der Waals surface area contributed by atoms with Crippen LogP contribution in [0.2, 0.25) is 0 Å². The molecule has 0 aromatic heterocycles. The molecule has 0 aliphatic rings. The molecule has 22 heavy (non-hydrogen) atoms. The molecule has 0 spiro atoms. The number of aliphatic imine (C=N–C) groups is 1. The standard InChI is InChI=1S/C15H32N4OS.HI/c1-6-7-8-9-13(2)18-15(16-10-11-21-5)17-12-14(20)19(3)4;/h13H,6-12H2,1-5H3,(H2,16,17,18);1H. The molecule has 0 radical (unpaired) electrons. The van der Waals surface area contributed by atoms with E-state index in [0.29, 0.717) is 6.04 Å². The molecule has 1 unspecified atom stereocenters. The number of carbonyl (C=O) groups is 1. The summed E-state index contributed by atoms with van der Waals surface area (Å²) in [4.78, 5) is 17.6. The predicted octanol–water partition coefficient (Wildman–Crippen LogP) is 2.56. The number of halogens is 1. The first kappa shape index (κ1) is 24.1. The van der Waals surface area contributed by atoms with Crippen molar-refractivity contribution in [1.29, 1.82) is 0 Å². The van der Waals surface area contributed by atoms with Gasteiger partial charge >= 0.3 is 0 Å². The molecule has 0 fully saturated rings. The van der Waals surface area contributed by atoms with Gasteiger partial charge in [-0.1, -0.05) is 26.2 Å². The van der Waals surface area contributed by atoms with E-state index in [1.165, 1.54) is 19.3 Å². The molecular formula is C15H33IN4OS. The molecule has 0 aliphatic carbocycles. The van der Waals surface area contributed by atoms with E-state index < -0.39 is 0 Å². The minimum Gasteiger partial charge on any atom is -0.356 e. The highest BCUT2D eigenvalue weighted by Crippen LogP contribution is 2.02. The van der Waals surface area contributed by atoms with E-state index >= 15 is 0 Å². The van der Waals surface area contributed by atoms with Crippen LogP contribution in [0, 0.1) is 0 Å². The Bertz CT molecular complexity index is 314. The number of amides is 1. The molecule has 1 atom stereocenters. The second-order valence-corrected chi connectivity index (χ2v) is 6.40. The number of carbonyl (C=O) groups excluding carboxylic acids is 1. The molecule has 0 aliphatic heterocycles. The summed E-state index contributed by atoms with van der Waals surface area (Å²) in [5.41, 5.74) is 0. The van der Waals surface area contributed by atoms with Crippen molar-refractivity contribution in [3.05, 3.63) is 0 Å². The number of unbranched alkanes of at least 4 members (excludes halogenated alkanes) is 2. The molecule has 7 heteroatoms. The van der Waals surface area contributed by atoms with Crippen LogP contribution >= 0.6 is 35.7 Å². The molecule has 132 valence electrons. The molecule has 0 saturated carbocycles. The normalized spacial score (nSPS) is 12.3. The summed E-state index contributed by atoms with van der Waals surface area (Å²) in [6, 6.07) is 0.367. The summed E-state index contributed by atoms with van der Waals surface area (Å²) in [6.45, 7) is 5.41. The van der Waals surface area contributed by atoms with Crippen LogP contribution in [-0.4, -0.2) is 62.0 Å². The zero-order valence-electron chi connectivity index (χ0n) is 14.6. The summed E-state index contributed by atoms with van der Waals surface area (Å²) in [5.74, 6) is 1.77. The maximum Gasteiger partial charge on any atom is 0.243 e. The van der Waals surface area contributed by atoms with Crippen LogP contribution in [0.4, 0.5) is 0 Å². The third-order valence-corrected chi connectivity index (χ3v) is 3.71. The quantitative estimate of drug-likeness (QED) is 0.235. The smallest absolute Gasteiger partial charge is 0.243 e. The molecule has 0 aromatic rings. The van der Waals surface area contributed by atoms with E-state index in [2.05, 4.69) is 35.7 Å². The van der Waals surface area contributed by atoms with Crippen molar-refractivity contribution in [2.45, 2.75) is 45.6 Å². The van der Waals surface area contributed by atoms with Gasteiger partial charge in [0.1, 0.15) is 6.54 Å². The Morgan fingerprint density at radius 2 is 2.00 bits per heavy atom. The van der Waals surface area contributed by atoms with Gasteiger partial charge in [0.15, 0.2) is 5.96 Å². The van der Waals surface area contributed by atoms with Gasteiger partial charge < -0.3 is 15.5 Å². The Morgan fingerprint density at radius 1 is 1.32 bits per heavy atom. The van der Waals surface area contributed by atoms with Crippen LogP contribution in [0.1, 0.15) is 39.5 Å². The van der Waals surface area contributed by atoms with Crippen LogP contribution < -0.4 is 10.6 Å². The second-order valence-electron chi connectivity index (χ2n) is 5.41. The van der Waals surface area contributed by atoms with E-state index in [0.717, 1.165) is 24.7 Å². The van der Waals surface area contributed by atoms with Crippen LogP contribution in [0.15, 0.2) is 4.99 Å². The lowest BCUT2D eigenvalue weighted by Gasteiger charge is -2.18. The highest BCUT2D eigenvalue weighted by molar-refractivity contribution is 14.0. The third-order valence-electron chi connectivity index (χ3n) is 3.09. The Morgan fingerprint density at radius 3 is 2.55 bits per heavy atom. The van der Waals surface area contributed by atoms with E-state index in [1.54, 1.807) is 30.8 Å². The molecule has 5 nitrogen and oxygen atoms in total. The summed E-state index contributed by atoms with van der Waals surface area (Å²) in [5, 5.41) is 6.67. The van der Waals surface area contributed by atoms with E-state index in [1.807, 2.05) is 0 Å². The van der Waals surface area contributed by atoms with Gasteiger partial charge in [0.25, 0.3) is 0 Å². The molecule has 0 bridgehead atoms. The fourth-order valence-electron chi connectivity index (χ4n) is 1.72. The first-order valence-corrected chi connectivity index (χ1v) is 9.14. The summed E-state index contributed by atoms with van der Waals surface area (Å²) in [6.07, 6.45) is 6.92.